The molecule has 1 aromatic rings. The summed E-state index contributed by atoms with van der Waals surface area (Å²) in [5.74, 6) is 0.570. The maximum Gasteiger partial charge on any atom is 0.234 e. The Morgan fingerprint density at radius 1 is 1.39 bits per heavy atom. The van der Waals surface area contributed by atoms with E-state index in [4.69, 9.17) is 0 Å². The second kappa shape index (κ2) is 7.54. The molecule has 0 spiro atoms. The summed E-state index contributed by atoms with van der Waals surface area (Å²) in [4.78, 5) is 13.7. The minimum atomic E-state index is 0.0817. The standard InChI is InChI=1S/C14H21BrN2O/c1-11(2)8-16-14(18)10-17(3)9-12-6-4-5-7-13(12)15/h4-7,11H,8-10H2,1-3H3,(H,16,18). The van der Waals surface area contributed by atoms with E-state index >= 15 is 0 Å². The molecule has 0 fully saturated rings. The molecule has 0 saturated heterocycles. The molecule has 0 aromatic heterocycles. The second-order valence-corrected chi connectivity index (χ2v) is 5.82. The molecule has 1 N–H and O–H groups in total. The lowest BCUT2D eigenvalue weighted by molar-refractivity contribution is -0.122. The summed E-state index contributed by atoms with van der Waals surface area (Å²) in [5.41, 5.74) is 1.19. The lowest BCUT2D eigenvalue weighted by Crippen LogP contribution is -2.36. The van der Waals surface area contributed by atoms with Crippen LogP contribution in [0.15, 0.2) is 28.7 Å². The molecule has 4 heteroatoms. The fourth-order valence-corrected chi connectivity index (χ4v) is 2.00. The zero-order valence-corrected chi connectivity index (χ0v) is 12.8. The maximum atomic E-state index is 11.7. The van der Waals surface area contributed by atoms with Crippen LogP contribution in [0.5, 0.6) is 0 Å². The molecule has 0 atom stereocenters. The monoisotopic (exact) mass is 312 g/mol. The molecule has 100 valence electrons. The van der Waals surface area contributed by atoms with Gasteiger partial charge in [0.05, 0.1) is 6.54 Å². The van der Waals surface area contributed by atoms with Gasteiger partial charge in [0.2, 0.25) is 5.91 Å². The average Bonchev–Trinajstić information content (AvgIpc) is 2.29. The summed E-state index contributed by atoms with van der Waals surface area (Å²) >= 11 is 3.51. The largest absolute Gasteiger partial charge is 0.355 e. The van der Waals surface area contributed by atoms with Crippen LogP contribution < -0.4 is 5.32 Å². The van der Waals surface area contributed by atoms with Crippen molar-refractivity contribution in [2.45, 2.75) is 20.4 Å². The van der Waals surface area contributed by atoms with E-state index in [2.05, 4.69) is 41.2 Å². The second-order valence-electron chi connectivity index (χ2n) is 4.96. The number of halogens is 1. The van der Waals surface area contributed by atoms with Crippen molar-refractivity contribution in [3.63, 3.8) is 0 Å². The van der Waals surface area contributed by atoms with Gasteiger partial charge in [0, 0.05) is 17.6 Å². The van der Waals surface area contributed by atoms with E-state index in [1.807, 2.05) is 30.1 Å². The van der Waals surface area contributed by atoms with Crippen molar-refractivity contribution in [2.24, 2.45) is 5.92 Å². The first kappa shape index (κ1) is 15.2. The van der Waals surface area contributed by atoms with Crippen LogP contribution in [0.1, 0.15) is 19.4 Å². The topological polar surface area (TPSA) is 32.3 Å². The first-order valence-electron chi connectivity index (χ1n) is 6.17. The maximum absolute atomic E-state index is 11.7. The number of rotatable bonds is 6. The lowest BCUT2D eigenvalue weighted by Gasteiger charge is -2.17. The average molecular weight is 313 g/mol. The highest BCUT2D eigenvalue weighted by atomic mass is 79.9. The molecule has 0 unspecified atom stereocenters. The van der Waals surface area contributed by atoms with Crippen LogP contribution >= 0.6 is 15.9 Å². The van der Waals surface area contributed by atoms with Crippen molar-refractivity contribution in [3.05, 3.63) is 34.3 Å². The molecule has 3 nitrogen and oxygen atoms in total. The first-order valence-corrected chi connectivity index (χ1v) is 6.97. The zero-order valence-electron chi connectivity index (χ0n) is 11.2. The van der Waals surface area contributed by atoms with Crippen LogP contribution in [0, 0.1) is 5.92 Å². The number of hydrogen-bond donors (Lipinski definition) is 1. The van der Waals surface area contributed by atoms with Crippen molar-refractivity contribution >= 4 is 21.8 Å². The predicted octanol–water partition coefficient (Wildman–Crippen LogP) is 2.65. The molecule has 1 amide bonds. The number of hydrogen-bond acceptors (Lipinski definition) is 2. The highest BCUT2D eigenvalue weighted by molar-refractivity contribution is 9.10. The molecular weight excluding hydrogens is 292 g/mol. The number of likely N-dealkylation sites (N-methyl/N-ethyl adjacent to an activating group) is 1. The Labute approximate surface area is 118 Å². The Morgan fingerprint density at radius 3 is 2.67 bits per heavy atom. The smallest absolute Gasteiger partial charge is 0.234 e. The highest BCUT2D eigenvalue weighted by Gasteiger charge is 2.08. The summed E-state index contributed by atoms with van der Waals surface area (Å²) in [6, 6.07) is 8.07. The summed E-state index contributed by atoms with van der Waals surface area (Å²) in [6.07, 6.45) is 0. The number of amides is 1. The number of benzene rings is 1. The first-order chi connectivity index (χ1) is 8.49. The Morgan fingerprint density at radius 2 is 2.06 bits per heavy atom. The molecule has 18 heavy (non-hydrogen) atoms. The van der Waals surface area contributed by atoms with Gasteiger partial charge in [-0.2, -0.15) is 0 Å². The molecule has 0 aliphatic heterocycles. The predicted molar refractivity (Wildman–Crippen MR) is 78.3 cm³/mol. The van der Waals surface area contributed by atoms with Crippen molar-refractivity contribution < 1.29 is 4.79 Å². The highest BCUT2D eigenvalue weighted by Crippen LogP contribution is 2.16. The molecule has 1 rings (SSSR count). The van der Waals surface area contributed by atoms with Gasteiger partial charge in [-0.1, -0.05) is 48.0 Å². The lowest BCUT2D eigenvalue weighted by atomic mass is 10.2. The van der Waals surface area contributed by atoms with E-state index in [1.54, 1.807) is 0 Å². The number of nitrogens with zero attached hydrogens (tertiary/aromatic N) is 1. The van der Waals surface area contributed by atoms with E-state index in [0.29, 0.717) is 12.5 Å². The molecule has 0 saturated carbocycles. The van der Waals surface area contributed by atoms with Crippen molar-refractivity contribution in [1.29, 1.82) is 0 Å². The fraction of sp³-hybridized carbons (Fsp3) is 0.500. The van der Waals surface area contributed by atoms with Crippen molar-refractivity contribution in [1.82, 2.24) is 10.2 Å². The van der Waals surface area contributed by atoms with Crippen LogP contribution in [0.3, 0.4) is 0 Å². The third-order valence-electron chi connectivity index (χ3n) is 2.52. The molecular formula is C14H21BrN2O. The van der Waals surface area contributed by atoms with E-state index in [1.165, 1.54) is 5.56 Å². The van der Waals surface area contributed by atoms with Crippen molar-refractivity contribution in [3.8, 4) is 0 Å². The van der Waals surface area contributed by atoms with E-state index in [0.717, 1.165) is 17.6 Å². The Balaban J connectivity index is 2.40. The number of nitrogens with one attached hydrogen (secondary N) is 1. The molecule has 0 aliphatic carbocycles. The zero-order chi connectivity index (χ0) is 13.5. The van der Waals surface area contributed by atoms with Crippen LogP contribution in [0.2, 0.25) is 0 Å². The minimum absolute atomic E-state index is 0.0817. The molecule has 0 aliphatic rings. The number of carbonyl (C=O) groups is 1. The van der Waals surface area contributed by atoms with Crippen LogP contribution in [0.4, 0.5) is 0 Å². The van der Waals surface area contributed by atoms with Gasteiger partial charge in [-0.3, -0.25) is 9.69 Å². The van der Waals surface area contributed by atoms with Crippen LogP contribution in [0.25, 0.3) is 0 Å². The Bertz CT molecular complexity index is 393. The van der Waals surface area contributed by atoms with Gasteiger partial charge < -0.3 is 5.32 Å². The molecule has 1 aromatic carbocycles. The molecule has 0 radical (unpaired) electrons. The quantitative estimate of drug-likeness (QED) is 0.876. The van der Waals surface area contributed by atoms with E-state index in [-0.39, 0.29) is 5.91 Å². The van der Waals surface area contributed by atoms with E-state index < -0.39 is 0 Å². The van der Waals surface area contributed by atoms with E-state index in [9.17, 15) is 4.79 Å². The normalized spacial score (nSPS) is 11.0. The SMILES string of the molecule is CC(C)CNC(=O)CN(C)Cc1ccccc1Br. The van der Waals surface area contributed by atoms with Gasteiger partial charge in [-0.25, -0.2) is 0 Å². The minimum Gasteiger partial charge on any atom is -0.355 e. The summed E-state index contributed by atoms with van der Waals surface area (Å²) < 4.78 is 1.08. The van der Waals surface area contributed by atoms with Gasteiger partial charge in [0.25, 0.3) is 0 Å². The third kappa shape index (κ3) is 5.65. The summed E-state index contributed by atoms with van der Waals surface area (Å²) in [5, 5.41) is 2.92. The van der Waals surface area contributed by atoms with Gasteiger partial charge in [-0.15, -0.1) is 0 Å². The van der Waals surface area contributed by atoms with Gasteiger partial charge in [-0.05, 0) is 24.6 Å². The third-order valence-corrected chi connectivity index (χ3v) is 3.29. The number of carbonyl (C=O) groups excluding carboxylic acids is 1. The molecule has 0 heterocycles. The fourth-order valence-electron chi connectivity index (χ4n) is 1.59. The Kier molecular flexibility index (Phi) is 6.36. The van der Waals surface area contributed by atoms with Gasteiger partial charge >= 0.3 is 0 Å². The molecule has 0 bridgehead atoms. The van der Waals surface area contributed by atoms with Crippen molar-refractivity contribution in [2.75, 3.05) is 20.1 Å². The van der Waals surface area contributed by atoms with Crippen LogP contribution in [-0.4, -0.2) is 30.9 Å². The summed E-state index contributed by atoms with van der Waals surface area (Å²) in [7, 11) is 1.95. The summed E-state index contributed by atoms with van der Waals surface area (Å²) in [6.45, 7) is 6.10. The van der Waals surface area contributed by atoms with Gasteiger partial charge in [0.1, 0.15) is 0 Å². The van der Waals surface area contributed by atoms with Crippen LogP contribution in [-0.2, 0) is 11.3 Å². The van der Waals surface area contributed by atoms with Gasteiger partial charge in [0.15, 0.2) is 0 Å². The Hall–Kier alpha value is -0.870.